The van der Waals surface area contributed by atoms with Crippen LogP contribution in [0.1, 0.15) is 24.0 Å². The van der Waals surface area contributed by atoms with Gasteiger partial charge in [-0.05, 0) is 43.0 Å². The molecule has 2 heterocycles. The quantitative estimate of drug-likeness (QED) is 0.926. The smallest absolute Gasteiger partial charge is 0.225 e. The van der Waals surface area contributed by atoms with E-state index >= 15 is 0 Å². The van der Waals surface area contributed by atoms with Crippen molar-refractivity contribution in [3.8, 4) is 0 Å². The maximum atomic E-state index is 12.5. The minimum Gasteiger partial charge on any atom is -0.354 e. The molecule has 1 atom stereocenters. The SMILES string of the molecule is Cc1ccccc1CNC(=O)[C@H]1CCCN(c2ccc(Cl)nn2)C1. The fourth-order valence-electron chi connectivity index (χ4n) is 3.01. The number of halogens is 1. The summed E-state index contributed by atoms with van der Waals surface area (Å²) in [6.07, 6.45) is 1.86. The van der Waals surface area contributed by atoms with E-state index in [2.05, 4.69) is 33.4 Å². The zero-order chi connectivity index (χ0) is 16.9. The van der Waals surface area contributed by atoms with E-state index in [1.54, 1.807) is 6.07 Å². The van der Waals surface area contributed by atoms with Gasteiger partial charge in [0.1, 0.15) is 0 Å². The second-order valence-corrected chi connectivity index (χ2v) is 6.53. The number of nitrogens with one attached hydrogen (secondary N) is 1. The van der Waals surface area contributed by atoms with Gasteiger partial charge in [-0.2, -0.15) is 0 Å². The van der Waals surface area contributed by atoms with Gasteiger partial charge < -0.3 is 10.2 Å². The fourth-order valence-corrected chi connectivity index (χ4v) is 3.11. The van der Waals surface area contributed by atoms with Crippen molar-refractivity contribution < 1.29 is 4.79 Å². The van der Waals surface area contributed by atoms with Crippen LogP contribution in [0.3, 0.4) is 0 Å². The highest BCUT2D eigenvalue weighted by Crippen LogP contribution is 2.22. The van der Waals surface area contributed by atoms with Gasteiger partial charge in [-0.1, -0.05) is 35.9 Å². The van der Waals surface area contributed by atoms with E-state index in [0.29, 0.717) is 18.2 Å². The van der Waals surface area contributed by atoms with E-state index in [0.717, 1.165) is 30.8 Å². The summed E-state index contributed by atoms with van der Waals surface area (Å²) in [6.45, 7) is 4.18. The summed E-state index contributed by atoms with van der Waals surface area (Å²) in [5.41, 5.74) is 2.35. The first-order chi connectivity index (χ1) is 11.6. The molecule has 0 unspecified atom stereocenters. The Balaban J connectivity index is 1.59. The minimum absolute atomic E-state index is 0.0275. The van der Waals surface area contributed by atoms with Gasteiger partial charge in [0.25, 0.3) is 0 Å². The van der Waals surface area contributed by atoms with Crippen LogP contribution in [0.4, 0.5) is 5.82 Å². The fraction of sp³-hybridized carbons (Fsp3) is 0.389. The maximum Gasteiger partial charge on any atom is 0.225 e. The van der Waals surface area contributed by atoms with Gasteiger partial charge in [0, 0.05) is 19.6 Å². The Hall–Kier alpha value is -2.14. The highest BCUT2D eigenvalue weighted by atomic mass is 35.5. The first-order valence-corrected chi connectivity index (χ1v) is 8.57. The zero-order valence-electron chi connectivity index (χ0n) is 13.7. The number of hydrogen-bond donors (Lipinski definition) is 1. The van der Waals surface area contributed by atoms with Gasteiger partial charge in [-0.25, -0.2) is 0 Å². The van der Waals surface area contributed by atoms with Crippen molar-refractivity contribution >= 4 is 23.3 Å². The van der Waals surface area contributed by atoms with Crippen molar-refractivity contribution in [2.24, 2.45) is 5.92 Å². The number of anilines is 1. The van der Waals surface area contributed by atoms with E-state index in [1.807, 2.05) is 24.3 Å². The van der Waals surface area contributed by atoms with E-state index in [9.17, 15) is 4.79 Å². The first-order valence-electron chi connectivity index (χ1n) is 8.20. The molecule has 1 aliphatic rings. The van der Waals surface area contributed by atoms with E-state index < -0.39 is 0 Å². The van der Waals surface area contributed by atoms with Crippen LogP contribution in [0.25, 0.3) is 0 Å². The molecule has 5 nitrogen and oxygen atoms in total. The Morgan fingerprint density at radius 3 is 2.88 bits per heavy atom. The lowest BCUT2D eigenvalue weighted by atomic mass is 9.97. The maximum absolute atomic E-state index is 12.5. The molecule has 0 aliphatic carbocycles. The van der Waals surface area contributed by atoms with Crippen LogP contribution in [-0.4, -0.2) is 29.2 Å². The molecule has 24 heavy (non-hydrogen) atoms. The Morgan fingerprint density at radius 2 is 2.12 bits per heavy atom. The van der Waals surface area contributed by atoms with Crippen molar-refractivity contribution in [3.63, 3.8) is 0 Å². The van der Waals surface area contributed by atoms with Crippen molar-refractivity contribution in [3.05, 3.63) is 52.7 Å². The van der Waals surface area contributed by atoms with Gasteiger partial charge in [0.05, 0.1) is 5.92 Å². The molecule has 1 fully saturated rings. The number of piperidine rings is 1. The van der Waals surface area contributed by atoms with Crippen molar-refractivity contribution in [2.75, 3.05) is 18.0 Å². The van der Waals surface area contributed by atoms with Gasteiger partial charge >= 0.3 is 0 Å². The number of hydrogen-bond acceptors (Lipinski definition) is 4. The first kappa shape index (κ1) is 16.7. The number of benzene rings is 1. The third kappa shape index (κ3) is 4.03. The summed E-state index contributed by atoms with van der Waals surface area (Å²) in [5, 5.41) is 11.4. The summed E-state index contributed by atoms with van der Waals surface area (Å²) in [6, 6.07) is 11.7. The van der Waals surface area contributed by atoms with Crippen LogP contribution in [-0.2, 0) is 11.3 Å². The second kappa shape index (κ2) is 7.62. The lowest BCUT2D eigenvalue weighted by Gasteiger charge is -2.32. The van der Waals surface area contributed by atoms with Crippen LogP contribution in [0.15, 0.2) is 36.4 Å². The lowest BCUT2D eigenvalue weighted by molar-refractivity contribution is -0.125. The molecule has 0 spiro atoms. The van der Waals surface area contributed by atoms with Crippen LogP contribution in [0.5, 0.6) is 0 Å². The monoisotopic (exact) mass is 344 g/mol. The number of nitrogens with zero attached hydrogens (tertiary/aromatic N) is 3. The molecule has 0 bridgehead atoms. The molecule has 6 heteroatoms. The average Bonchev–Trinajstić information content (AvgIpc) is 2.61. The molecule has 1 N–H and O–H groups in total. The van der Waals surface area contributed by atoms with Crippen molar-refractivity contribution in [1.29, 1.82) is 0 Å². The molecule has 1 saturated heterocycles. The molecule has 2 aromatic rings. The van der Waals surface area contributed by atoms with Crippen molar-refractivity contribution in [2.45, 2.75) is 26.3 Å². The molecule has 1 amide bonds. The Morgan fingerprint density at radius 1 is 1.29 bits per heavy atom. The number of amides is 1. The average molecular weight is 345 g/mol. The number of aryl methyl sites for hydroxylation is 1. The molecule has 3 rings (SSSR count). The predicted octanol–water partition coefficient (Wildman–Crippen LogP) is 2.97. The summed E-state index contributed by atoms with van der Waals surface area (Å²) in [5.74, 6) is 0.848. The number of carbonyl (C=O) groups excluding carboxylic acids is 1. The van der Waals surface area contributed by atoms with Crippen LogP contribution >= 0.6 is 11.6 Å². The van der Waals surface area contributed by atoms with E-state index in [-0.39, 0.29) is 11.8 Å². The molecular weight excluding hydrogens is 324 g/mol. The predicted molar refractivity (Wildman–Crippen MR) is 95.0 cm³/mol. The molecule has 0 saturated carbocycles. The molecule has 0 radical (unpaired) electrons. The number of carbonyl (C=O) groups is 1. The minimum atomic E-state index is -0.0275. The molecule has 126 valence electrons. The highest BCUT2D eigenvalue weighted by Gasteiger charge is 2.26. The number of rotatable bonds is 4. The largest absolute Gasteiger partial charge is 0.354 e. The van der Waals surface area contributed by atoms with Gasteiger partial charge in [-0.15, -0.1) is 10.2 Å². The summed E-state index contributed by atoms with van der Waals surface area (Å²) in [4.78, 5) is 14.6. The Kier molecular flexibility index (Phi) is 5.30. The van der Waals surface area contributed by atoms with Gasteiger partial charge in [0.15, 0.2) is 11.0 Å². The van der Waals surface area contributed by atoms with E-state index in [1.165, 1.54) is 5.56 Å². The zero-order valence-corrected chi connectivity index (χ0v) is 14.5. The molecule has 1 aromatic heterocycles. The Labute approximate surface area is 147 Å². The highest BCUT2D eigenvalue weighted by molar-refractivity contribution is 6.29. The standard InChI is InChI=1S/C18H21ClN4O/c1-13-5-2-3-6-14(13)11-20-18(24)15-7-4-10-23(12-15)17-9-8-16(19)21-22-17/h2-3,5-6,8-9,15H,4,7,10-12H2,1H3,(H,20,24)/t15-/m0/s1. The third-order valence-electron chi connectivity index (χ3n) is 4.45. The topological polar surface area (TPSA) is 58.1 Å². The summed E-state index contributed by atoms with van der Waals surface area (Å²) < 4.78 is 0. The van der Waals surface area contributed by atoms with Crippen LogP contribution in [0.2, 0.25) is 5.15 Å². The van der Waals surface area contributed by atoms with Gasteiger partial charge in [0.2, 0.25) is 5.91 Å². The van der Waals surface area contributed by atoms with Crippen LogP contribution < -0.4 is 10.2 Å². The second-order valence-electron chi connectivity index (χ2n) is 6.14. The molecule has 1 aromatic carbocycles. The van der Waals surface area contributed by atoms with E-state index in [4.69, 9.17) is 11.6 Å². The number of aromatic nitrogens is 2. The normalized spacial score (nSPS) is 17.6. The lowest BCUT2D eigenvalue weighted by Crippen LogP contribution is -2.43. The summed E-state index contributed by atoms with van der Waals surface area (Å²) >= 11 is 5.79. The van der Waals surface area contributed by atoms with Crippen molar-refractivity contribution in [1.82, 2.24) is 15.5 Å². The molecular formula is C18H21ClN4O. The molecule has 1 aliphatic heterocycles. The Bertz CT molecular complexity index is 704. The van der Waals surface area contributed by atoms with Crippen LogP contribution in [0, 0.1) is 12.8 Å². The third-order valence-corrected chi connectivity index (χ3v) is 4.65. The summed E-state index contributed by atoms with van der Waals surface area (Å²) in [7, 11) is 0. The van der Waals surface area contributed by atoms with Gasteiger partial charge in [-0.3, -0.25) is 4.79 Å².